The summed E-state index contributed by atoms with van der Waals surface area (Å²) in [7, 11) is 0. The molecule has 20 heavy (non-hydrogen) atoms. The second-order valence-corrected chi connectivity index (χ2v) is 5.73. The molecule has 0 amide bonds. The van der Waals surface area contributed by atoms with E-state index < -0.39 is 21.1 Å². The fraction of sp³-hybridized carbons (Fsp3) is 0.455. The summed E-state index contributed by atoms with van der Waals surface area (Å²) in [5.41, 5.74) is 5.67. The zero-order valence-corrected chi connectivity index (χ0v) is 12.3. The molecule has 0 heterocycles. The minimum Gasteiger partial charge on any atom is -0.330 e. The minimum atomic E-state index is -0.925. The third-order valence-electron chi connectivity index (χ3n) is 2.68. The number of non-ortho nitro benzene ring substituents is 1. The van der Waals surface area contributed by atoms with Gasteiger partial charge in [0.15, 0.2) is 0 Å². The summed E-state index contributed by atoms with van der Waals surface area (Å²) < 4.78 is 0. The SMILES string of the molecule is CC(C(SCCN)c1cc([N+](=O)[O-])ccc1Cl)[N+](=O)[O-]. The molecule has 0 aliphatic heterocycles. The standard InChI is InChI=1S/C11H14ClN3O4S/c1-7(14(16)17)11(20-5-4-13)9-6-8(15(18)19)2-3-10(9)12/h2-3,6-7,11H,4-5,13H2,1H3. The lowest BCUT2D eigenvalue weighted by Crippen LogP contribution is -2.23. The van der Waals surface area contributed by atoms with E-state index in [1.807, 2.05) is 0 Å². The zero-order valence-electron chi connectivity index (χ0n) is 10.7. The number of nitro benzene ring substituents is 1. The molecule has 0 saturated carbocycles. The maximum atomic E-state index is 11.0. The van der Waals surface area contributed by atoms with E-state index in [4.69, 9.17) is 17.3 Å². The van der Waals surface area contributed by atoms with Crippen molar-refractivity contribution >= 4 is 29.1 Å². The van der Waals surface area contributed by atoms with Crippen LogP contribution in [-0.4, -0.2) is 28.2 Å². The number of nitrogens with two attached hydrogens (primary N) is 1. The van der Waals surface area contributed by atoms with Crippen LogP contribution in [0.3, 0.4) is 0 Å². The molecular formula is C11H14ClN3O4S. The first-order valence-electron chi connectivity index (χ1n) is 5.77. The van der Waals surface area contributed by atoms with Crippen LogP contribution in [0.4, 0.5) is 5.69 Å². The molecule has 2 N–H and O–H groups in total. The van der Waals surface area contributed by atoms with Crippen LogP contribution in [0.25, 0.3) is 0 Å². The first-order chi connectivity index (χ1) is 9.38. The fourth-order valence-electron chi connectivity index (χ4n) is 1.66. The van der Waals surface area contributed by atoms with Gasteiger partial charge in [0, 0.05) is 41.3 Å². The molecule has 0 bridgehead atoms. The first-order valence-corrected chi connectivity index (χ1v) is 7.20. The Morgan fingerprint density at radius 1 is 1.40 bits per heavy atom. The van der Waals surface area contributed by atoms with Crippen LogP contribution in [0, 0.1) is 20.2 Å². The summed E-state index contributed by atoms with van der Waals surface area (Å²) in [5, 5.41) is 21.5. The highest BCUT2D eigenvalue weighted by atomic mass is 35.5. The van der Waals surface area contributed by atoms with E-state index in [2.05, 4.69) is 0 Å². The topological polar surface area (TPSA) is 112 Å². The van der Waals surface area contributed by atoms with Crippen molar-refractivity contribution in [2.24, 2.45) is 5.73 Å². The lowest BCUT2D eigenvalue weighted by atomic mass is 10.1. The van der Waals surface area contributed by atoms with Gasteiger partial charge in [-0.3, -0.25) is 20.2 Å². The summed E-state index contributed by atoms with van der Waals surface area (Å²) in [5.74, 6) is 0.502. The van der Waals surface area contributed by atoms with Gasteiger partial charge in [-0.1, -0.05) is 11.6 Å². The Balaban J connectivity index is 3.21. The van der Waals surface area contributed by atoms with Crippen molar-refractivity contribution in [3.63, 3.8) is 0 Å². The van der Waals surface area contributed by atoms with Crippen molar-refractivity contribution < 1.29 is 9.85 Å². The number of halogens is 1. The molecule has 0 saturated heterocycles. The molecule has 0 spiro atoms. The summed E-state index contributed by atoms with van der Waals surface area (Å²) in [6.07, 6.45) is 0. The van der Waals surface area contributed by atoms with E-state index in [1.54, 1.807) is 0 Å². The van der Waals surface area contributed by atoms with Gasteiger partial charge < -0.3 is 5.73 Å². The van der Waals surface area contributed by atoms with Crippen LogP contribution in [0.15, 0.2) is 18.2 Å². The Labute approximate surface area is 124 Å². The molecule has 0 aliphatic carbocycles. The van der Waals surface area contributed by atoms with Crippen molar-refractivity contribution in [1.82, 2.24) is 0 Å². The average Bonchev–Trinajstić information content (AvgIpc) is 2.40. The maximum Gasteiger partial charge on any atom is 0.269 e. The normalized spacial score (nSPS) is 13.8. The highest BCUT2D eigenvalue weighted by molar-refractivity contribution is 7.99. The van der Waals surface area contributed by atoms with E-state index >= 15 is 0 Å². The molecule has 7 nitrogen and oxygen atoms in total. The lowest BCUT2D eigenvalue weighted by molar-refractivity contribution is -0.518. The molecule has 2 atom stereocenters. The van der Waals surface area contributed by atoms with E-state index in [1.165, 1.54) is 36.9 Å². The van der Waals surface area contributed by atoms with Crippen molar-refractivity contribution in [3.05, 3.63) is 49.0 Å². The molecule has 0 radical (unpaired) electrons. The molecule has 110 valence electrons. The van der Waals surface area contributed by atoms with Gasteiger partial charge in [0.1, 0.15) is 0 Å². The second-order valence-electron chi connectivity index (χ2n) is 4.07. The third kappa shape index (κ3) is 4.06. The van der Waals surface area contributed by atoms with Crippen molar-refractivity contribution in [1.29, 1.82) is 0 Å². The highest BCUT2D eigenvalue weighted by Crippen LogP contribution is 2.38. The number of nitro groups is 2. The predicted molar refractivity (Wildman–Crippen MR) is 78.8 cm³/mol. The van der Waals surface area contributed by atoms with E-state index in [-0.39, 0.29) is 10.7 Å². The summed E-state index contributed by atoms with van der Waals surface area (Å²) >= 11 is 7.31. The number of hydrogen-bond donors (Lipinski definition) is 1. The van der Waals surface area contributed by atoms with Gasteiger partial charge in [-0.25, -0.2) is 0 Å². The summed E-state index contributed by atoms with van der Waals surface area (Å²) in [4.78, 5) is 20.8. The molecule has 1 aromatic carbocycles. The molecule has 0 fully saturated rings. The lowest BCUT2D eigenvalue weighted by Gasteiger charge is -2.19. The summed E-state index contributed by atoms with van der Waals surface area (Å²) in [6, 6.07) is 3.02. The molecule has 9 heteroatoms. The van der Waals surface area contributed by atoms with Crippen LogP contribution >= 0.6 is 23.4 Å². The molecule has 0 aromatic heterocycles. The van der Waals surface area contributed by atoms with E-state index in [9.17, 15) is 20.2 Å². The van der Waals surface area contributed by atoms with Gasteiger partial charge in [-0.2, -0.15) is 0 Å². The largest absolute Gasteiger partial charge is 0.330 e. The Bertz CT molecular complexity index is 514. The van der Waals surface area contributed by atoms with Crippen LogP contribution in [0.1, 0.15) is 17.7 Å². The van der Waals surface area contributed by atoms with Gasteiger partial charge in [0.25, 0.3) is 5.69 Å². The number of benzene rings is 1. The van der Waals surface area contributed by atoms with Crippen molar-refractivity contribution in [2.45, 2.75) is 18.2 Å². The van der Waals surface area contributed by atoms with Crippen LogP contribution < -0.4 is 5.73 Å². The number of nitrogens with zero attached hydrogens (tertiary/aromatic N) is 2. The van der Waals surface area contributed by atoms with E-state index in [0.717, 1.165) is 0 Å². The molecule has 0 aliphatic rings. The first kappa shape index (κ1) is 16.7. The number of rotatable bonds is 7. The Morgan fingerprint density at radius 2 is 2.05 bits per heavy atom. The molecule has 2 unspecified atom stereocenters. The van der Waals surface area contributed by atoms with Crippen molar-refractivity contribution in [2.75, 3.05) is 12.3 Å². The second kappa shape index (κ2) is 7.41. The van der Waals surface area contributed by atoms with Gasteiger partial charge in [0.2, 0.25) is 6.04 Å². The third-order valence-corrected chi connectivity index (χ3v) is 4.51. The Morgan fingerprint density at radius 3 is 2.55 bits per heavy atom. The monoisotopic (exact) mass is 319 g/mol. The predicted octanol–water partition coefficient (Wildman–Crippen LogP) is 2.65. The van der Waals surface area contributed by atoms with Crippen molar-refractivity contribution in [3.8, 4) is 0 Å². The number of hydrogen-bond acceptors (Lipinski definition) is 6. The molecule has 1 aromatic rings. The van der Waals surface area contributed by atoms with Crippen LogP contribution in [0.5, 0.6) is 0 Å². The van der Waals surface area contributed by atoms with Gasteiger partial charge in [-0.15, -0.1) is 11.8 Å². The molecular weight excluding hydrogens is 306 g/mol. The Kier molecular flexibility index (Phi) is 6.18. The van der Waals surface area contributed by atoms with Gasteiger partial charge in [-0.05, 0) is 11.6 Å². The van der Waals surface area contributed by atoms with Gasteiger partial charge in [0.05, 0.1) is 10.2 Å². The maximum absolute atomic E-state index is 11.0. The number of thioether (sulfide) groups is 1. The fourth-order valence-corrected chi connectivity index (χ4v) is 3.10. The molecule has 1 rings (SSSR count). The quantitative estimate of drug-likeness (QED) is 0.610. The van der Waals surface area contributed by atoms with Crippen LogP contribution in [0.2, 0.25) is 5.02 Å². The van der Waals surface area contributed by atoms with Gasteiger partial charge >= 0.3 is 0 Å². The zero-order chi connectivity index (χ0) is 15.3. The summed E-state index contributed by atoms with van der Waals surface area (Å²) in [6.45, 7) is 1.81. The average molecular weight is 320 g/mol. The highest BCUT2D eigenvalue weighted by Gasteiger charge is 2.31. The minimum absolute atomic E-state index is 0.140. The van der Waals surface area contributed by atoms with E-state index in [0.29, 0.717) is 17.9 Å². The Hall–Kier alpha value is -1.38. The smallest absolute Gasteiger partial charge is 0.269 e. The van der Waals surface area contributed by atoms with Crippen LogP contribution in [-0.2, 0) is 0 Å².